The van der Waals surface area contributed by atoms with Crippen LogP contribution >= 0.6 is 11.3 Å². The van der Waals surface area contributed by atoms with Gasteiger partial charge >= 0.3 is 5.97 Å². The van der Waals surface area contributed by atoms with Gasteiger partial charge in [-0.1, -0.05) is 17.7 Å². The fourth-order valence-corrected chi connectivity index (χ4v) is 4.62. The summed E-state index contributed by atoms with van der Waals surface area (Å²) in [6.07, 6.45) is 0. The van der Waals surface area contributed by atoms with Crippen LogP contribution < -0.4 is 4.31 Å². The molecule has 1 aromatic heterocycles. The highest BCUT2D eigenvalue weighted by atomic mass is 32.2. The molecule has 0 aliphatic carbocycles. The average Bonchev–Trinajstić information content (AvgIpc) is 2.92. The number of benzene rings is 1. The first-order valence-electron chi connectivity index (χ1n) is 6.29. The molecule has 0 unspecified atom stereocenters. The molecule has 0 atom stereocenters. The van der Waals surface area contributed by atoms with Crippen molar-refractivity contribution < 1.29 is 18.3 Å². The molecule has 2 aromatic rings. The van der Waals surface area contributed by atoms with Crippen LogP contribution in [0.3, 0.4) is 0 Å². The normalized spacial score (nSPS) is 11.3. The number of hydrogen-bond donors (Lipinski definition) is 1. The maximum absolute atomic E-state index is 12.6. The first kappa shape index (κ1) is 15.5. The van der Waals surface area contributed by atoms with Crippen LogP contribution in [0, 0.1) is 6.92 Å². The highest BCUT2D eigenvalue weighted by Gasteiger charge is 2.26. The second kappa shape index (κ2) is 5.87. The standard InChI is InChI=1S/C14H15NO4S2/c1-3-15(11-6-4-10(2)5-7-11)21(18,19)13-9-8-12(20-13)14(16)17/h4-9H,3H2,1-2H3,(H,16,17). The molecule has 0 fully saturated rings. The maximum Gasteiger partial charge on any atom is 0.345 e. The van der Waals surface area contributed by atoms with Crippen molar-refractivity contribution in [2.75, 3.05) is 10.8 Å². The number of aryl methyl sites for hydroxylation is 1. The number of carbonyl (C=O) groups is 1. The molecule has 0 aliphatic heterocycles. The lowest BCUT2D eigenvalue weighted by Gasteiger charge is -2.22. The van der Waals surface area contributed by atoms with E-state index in [4.69, 9.17) is 5.11 Å². The van der Waals surface area contributed by atoms with Crippen molar-refractivity contribution in [1.82, 2.24) is 0 Å². The monoisotopic (exact) mass is 325 g/mol. The Morgan fingerprint density at radius 1 is 1.19 bits per heavy atom. The Morgan fingerprint density at radius 2 is 1.81 bits per heavy atom. The van der Waals surface area contributed by atoms with Crippen molar-refractivity contribution in [3.8, 4) is 0 Å². The van der Waals surface area contributed by atoms with Gasteiger partial charge in [0.05, 0.1) is 5.69 Å². The third-order valence-electron chi connectivity index (χ3n) is 2.95. The van der Waals surface area contributed by atoms with E-state index in [0.29, 0.717) is 5.69 Å². The molecule has 0 radical (unpaired) electrons. The molecule has 1 N–H and O–H groups in total. The van der Waals surface area contributed by atoms with Crippen LogP contribution in [0.15, 0.2) is 40.6 Å². The number of rotatable bonds is 5. The molecule has 1 aromatic carbocycles. The summed E-state index contributed by atoms with van der Waals surface area (Å²) in [6, 6.07) is 9.79. The summed E-state index contributed by atoms with van der Waals surface area (Å²) in [6.45, 7) is 3.93. The summed E-state index contributed by atoms with van der Waals surface area (Å²) < 4.78 is 26.6. The van der Waals surface area contributed by atoms with Crippen LogP contribution in [-0.2, 0) is 10.0 Å². The van der Waals surface area contributed by atoms with Crippen LogP contribution in [0.4, 0.5) is 5.69 Å². The first-order valence-corrected chi connectivity index (χ1v) is 8.54. The van der Waals surface area contributed by atoms with Crippen molar-refractivity contribution in [1.29, 1.82) is 0 Å². The van der Waals surface area contributed by atoms with E-state index in [2.05, 4.69) is 0 Å². The number of sulfonamides is 1. The van der Waals surface area contributed by atoms with Gasteiger partial charge in [-0.15, -0.1) is 11.3 Å². The Hall–Kier alpha value is -1.86. The van der Waals surface area contributed by atoms with Gasteiger partial charge in [-0.2, -0.15) is 0 Å². The number of aromatic carboxylic acids is 1. The summed E-state index contributed by atoms with van der Waals surface area (Å²) in [5, 5.41) is 8.91. The molecule has 1 heterocycles. The summed E-state index contributed by atoms with van der Waals surface area (Å²) in [7, 11) is -3.74. The molecular weight excluding hydrogens is 310 g/mol. The molecule has 0 aliphatic rings. The van der Waals surface area contributed by atoms with Crippen LogP contribution in [-0.4, -0.2) is 26.0 Å². The predicted molar refractivity (Wildman–Crippen MR) is 82.7 cm³/mol. The zero-order valence-corrected chi connectivity index (χ0v) is 13.2. The van der Waals surface area contributed by atoms with E-state index in [1.807, 2.05) is 19.1 Å². The lowest BCUT2D eigenvalue weighted by Crippen LogP contribution is -2.30. The molecule has 0 amide bonds. The van der Waals surface area contributed by atoms with Crippen molar-refractivity contribution in [3.63, 3.8) is 0 Å². The van der Waals surface area contributed by atoms with Gasteiger partial charge in [-0.25, -0.2) is 13.2 Å². The van der Waals surface area contributed by atoms with Crippen LogP contribution in [0.2, 0.25) is 0 Å². The molecule has 5 nitrogen and oxygen atoms in total. The second-order valence-electron chi connectivity index (χ2n) is 4.43. The lowest BCUT2D eigenvalue weighted by atomic mass is 10.2. The average molecular weight is 325 g/mol. The SMILES string of the molecule is CCN(c1ccc(C)cc1)S(=O)(=O)c1ccc(C(=O)O)s1. The Morgan fingerprint density at radius 3 is 2.29 bits per heavy atom. The highest BCUT2D eigenvalue weighted by Crippen LogP contribution is 2.28. The van der Waals surface area contributed by atoms with Gasteiger partial charge in [0.25, 0.3) is 10.0 Å². The molecular formula is C14H15NO4S2. The first-order chi connectivity index (χ1) is 9.86. The fraction of sp³-hybridized carbons (Fsp3) is 0.214. The number of hydrogen-bond acceptors (Lipinski definition) is 4. The largest absolute Gasteiger partial charge is 0.477 e. The lowest BCUT2D eigenvalue weighted by molar-refractivity contribution is 0.0702. The van der Waals surface area contributed by atoms with E-state index in [9.17, 15) is 13.2 Å². The number of carboxylic acid groups (broad SMARTS) is 1. The van der Waals surface area contributed by atoms with Crippen LogP contribution in [0.1, 0.15) is 22.2 Å². The molecule has 0 spiro atoms. The Balaban J connectivity index is 2.43. The highest BCUT2D eigenvalue weighted by molar-refractivity contribution is 7.94. The molecule has 0 saturated carbocycles. The van der Waals surface area contributed by atoms with Gasteiger partial charge in [0.2, 0.25) is 0 Å². The number of nitrogens with zero attached hydrogens (tertiary/aromatic N) is 1. The minimum Gasteiger partial charge on any atom is -0.477 e. The van der Waals surface area contributed by atoms with Crippen molar-refractivity contribution >= 4 is 33.0 Å². The zero-order valence-electron chi connectivity index (χ0n) is 11.6. The van der Waals surface area contributed by atoms with Crippen molar-refractivity contribution in [3.05, 3.63) is 46.8 Å². The minimum absolute atomic E-state index is 0.00790. The third-order valence-corrected chi connectivity index (χ3v) is 6.39. The van der Waals surface area contributed by atoms with Gasteiger partial charge in [0.15, 0.2) is 0 Å². The van der Waals surface area contributed by atoms with E-state index in [1.54, 1.807) is 19.1 Å². The van der Waals surface area contributed by atoms with E-state index in [-0.39, 0.29) is 15.6 Å². The van der Waals surface area contributed by atoms with E-state index in [0.717, 1.165) is 16.9 Å². The molecule has 0 bridgehead atoms. The fourth-order valence-electron chi connectivity index (χ4n) is 1.88. The Kier molecular flexibility index (Phi) is 4.34. The van der Waals surface area contributed by atoms with Crippen molar-refractivity contribution in [2.24, 2.45) is 0 Å². The van der Waals surface area contributed by atoms with Gasteiger partial charge in [0.1, 0.15) is 9.09 Å². The number of anilines is 1. The summed E-state index contributed by atoms with van der Waals surface area (Å²) in [5.74, 6) is -1.13. The topological polar surface area (TPSA) is 74.7 Å². The van der Waals surface area contributed by atoms with E-state index < -0.39 is 16.0 Å². The summed E-state index contributed by atoms with van der Waals surface area (Å²) in [4.78, 5) is 10.9. The third kappa shape index (κ3) is 3.08. The minimum atomic E-state index is -3.74. The molecule has 0 saturated heterocycles. The number of carboxylic acids is 1. The Labute approximate surface area is 127 Å². The second-order valence-corrected chi connectivity index (χ2v) is 7.60. The predicted octanol–water partition coefficient (Wildman–Crippen LogP) is 2.97. The molecule has 7 heteroatoms. The number of thiophene rings is 1. The quantitative estimate of drug-likeness (QED) is 0.917. The smallest absolute Gasteiger partial charge is 0.345 e. The summed E-state index contributed by atoms with van der Waals surface area (Å²) in [5.41, 5.74) is 1.60. The van der Waals surface area contributed by atoms with Gasteiger partial charge in [-0.05, 0) is 38.1 Å². The maximum atomic E-state index is 12.6. The molecule has 2 rings (SSSR count). The zero-order chi connectivity index (χ0) is 15.6. The molecule has 112 valence electrons. The van der Waals surface area contributed by atoms with Gasteiger partial charge < -0.3 is 5.11 Å². The molecule has 21 heavy (non-hydrogen) atoms. The van der Waals surface area contributed by atoms with Crippen LogP contribution in [0.5, 0.6) is 0 Å². The summed E-state index contributed by atoms with van der Waals surface area (Å²) >= 11 is 0.760. The van der Waals surface area contributed by atoms with Crippen molar-refractivity contribution in [2.45, 2.75) is 18.1 Å². The van der Waals surface area contributed by atoms with E-state index in [1.165, 1.54) is 16.4 Å². The van der Waals surface area contributed by atoms with Gasteiger partial charge in [-0.3, -0.25) is 4.31 Å². The van der Waals surface area contributed by atoms with E-state index >= 15 is 0 Å². The Bertz CT molecular complexity index is 748. The van der Waals surface area contributed by atoms with Crippen LogP contribution in [0.25, 0.3) is 0 Å². The van der Waals surface area contributed by atoms with Gasteiger partial charge in [0, 0.05) is 6.54 Å².